The molecule has 5 heteroatoms. The van der Waals surface area contributed by atoms with Crippen LogP contribution in [0.25, 0.3) is 0 Å². The number of para-hydroxylation sites is 1. The Bertz CT molecular complexity index is 964. The summed E-state index contributed by atoms with van der Waals surface area (Å²) in [5.41, 5.74) is 2.87. The molecule has 2 heterocycles. The number of nitrogens with zero attached hydrogens (tertiary/aromatic N) is 2. The van der Waals surface area contributed by atoms with E-state index in [1.165, 1.54) is 30.4 Å². The largest absolute Gasteiger partial charge is 0.497 e. The van der Waals surface area contributed by atoms with Crippen molar-refractivity contribution in [1.82, 2.24) is 9.80 Å². The average molecular weight is 493 g/mol. The van der Waals surface area contributed by atoms with Crippen molar-refractivity contribution in [3.8, 4) is 11.5 Å². The lowest BCUT2D eigenvalue weighted by atomic mass is 9.73. The third kappa shape index (κ3) is 7.25. The third-order valence-electron chi connectivity index (χ3n) is 7.92. The predicted octanol–water partition coefficient (Wildman–Crippen LogP) is 5.96. The minimum atomic E-state index is 0.250. The van der Waals surface area contributed by atoms with E-state index >= 15 is 0 Å². The van der Waals surface area contributed by atoms with Crippen LogP contribution in [0, 0.1) is 11.3 Å². The molecule has 5 nitrogen and oxygen atoms in total. The Hall–Kier alpha value is -2.53. The average Bonchev–Trinajstić information content (AvgIpc) is 2.87. The van der Waals surface area contributed by atoms with Gasteiger partial charge in [-0.05, 0) is 72.8 Å². The van der Waals surface area contributed by atoms with Crippen LogP contribution in [0.3, 0.4) is 0 Å². The van der Waals surface area contributed by atoms with Gasteiger partial charge in [0.05, 0.1) is 7.11 Å². The van der Waals surface area contributed by atoms with Crippen LogP contribution in [0.15, 0.2) is 48.5 Å². The fourth-order valence-corrected chi connectivity index (χ4v) is 5.82. The number of amides is 1. The molecule has 196 valence electrons. The number of piperidine rings is 1. The molecule has 1 saturated heterocycles. The molecular formula is C31H44N2O3. The molecule has 2 aromatic carbocycles. The zero-order valence-corrected chi connectivity index (χ0v) is 22.5. The van der Waals surface area contributed by atoms with Gasteiger partial charge in [0.1, 0.15) is 18.1 Å². The van der Waals surface area contributed by atoms with Crippen LogP contribution in [0.5, 0.6) is 11.5 Å². The molecule has 0 atom stereocenters. The second kappa shape index (κ2) is 12.6. The number of hydrogen-bond donors (Lipinski definition) is 0. The van der Waals surface area contributed by atoms with Crippen molar-refractivity contribution < 1.29 is 14.3 Å². The summed E-state index contributed by atoms with van der Waals surface area (Å²) < 4.78 is 11.7. The molecule has 0 aromatic heterocycles. The summed E-state index contributed by atoms with van der Waals surface area (Å²) in [5, 5.41) is 0. The first-order valence-corrected chi connectivity index (χ1v) is 13.8. The molecule has 0 radical (unpaired) electrons. The zero-order chi connectivity index (χ0) is 25.4. The van der Waals surface area contributed by atoms with Gasteiger partial charge in [-0.25, -0.2) is 0 Å². The minimum absolute atomic E-state index is 0.250. The standard InChI is InChI=1S/C31H44N2O3/c1-25(2)22-30(34)33-18-16-31(17-19-33)15-7-6-9-27-8-4-5-10-29(27)36-21-20-32(24-31)23-26-11-13-28(35-3)14-12-26/h4-5,8,10-14,25H,6-7,9,15-24H2,1-3H3. The van der Waals surface area contributed by atoms with Crippen molar-refractivity contribution in [3.63, 3.8) is 0 Å². The monoisotopic (exact) mass is 492 g/mol. The Kier molecular flexibility index (Phi) is 9.30. The molecule has 1 spiro atoms. The molecule has 2 aliphatic heterocycles. The number of hydrogen-bond acceptors (Lipinski definition) is 4. The van der Waals surface area contributed by atoms with E-state index in [1.807, 2.05) is 12.1 Å². The first-order valence-electron chi connectivity index (χ1n) is 13.8. The molecule has 1 fully saturated rings. The number of rotatable bonds is 5. The van der Waals surface area contributed by atoms with Gasteiger partial charge < -0.3 is 14.4 Å². The van der Waals surface area contributed by atoms with Crippen LogP contribution >= 0.6 is 0 Å². The highest BCUT2D eigenvalue weighted by Crippen LogP contribution is 2.39. The Morgan fingerprint density at radius 2 is 1.75 bits per heavy atom. The molecule has 0 unspecified atom stereocenters. The van der Waals surface area contributed by atoms with Crippen LogP contribution < -0.4 is 9.47 Å². The van der Waals surface area contributed by atoms with Gasteiger partial charge >= 0.3 is 0 Å². The van der Waals surface area contributed by atoms with Crippen LogP contribution in [-0.2, 0) is 17.8 Å². The van der Waals surface area contributed by atoms with Gasteiger partial charge in [0.15, 0.2) is 0 Å². The van der Waals surface area contributed by atoms with Crippen molar-refractivity contribution >= 4 is 5.91 Å². The Balaban J connectivity index is 1.50. The minimum Gasteiger partial charge on any atom is -0.497 e. The van der Waals surface area contributed by atoms with E-state index in [-0.39, 0.29) is 5.41 Å². The second-order valence-corrected chi connectivity index (χ2v) is 11.2. The molecule has 0 bridgehead atoms. The van der Waals surface area contributed by atoms with Gasteiger partial charge in [-0.3, -0.25) is 9.69 Å². The highest BCUT2D eigenvalue weighted by Gasteiger charge is 2.37. The normalized spacial score (nSPS) is 19.2. The maximum absolute atomic E-state index is 12.8. The van der Waals surface area contributed by atoms with E-state index in [0.717, 1.165) is 63.5 Å². The van der Waals surface area contributed by atoms with Gasteiger partial charge in [-0.1, -0.05) is 50.6 Å². The fraction of sp³-hybridized carbons (Fsp3) is 0.581. The van der Waals surface area contributed by atoms with E-state index in [1.54, 1.807) is 7.11 Å². The summed E-state index contributed by atoms with van der Waals surface area (Å²) in [7, 11) is 1.71. The number of carbonyl (C=O) groups excluding carboxylic acids is 1. The van der Waals surface area contributed by atoms with Gasteiger partial charge in [0.2, 0.25) is 5.91 Å². The number of benzene rings is 2. The van der Waals surface area contributed by atoms with Crippen LogP contribution in [0.2, 0.25) is 0 Å². The lowest BCUT2D eigenvalue weighted by Gasteiger charge is -2.45. The maximum Gasteiger partial charge on any atom is 0.222 e. The van der Waals surface area contributed by atoms with Crippen molar-refractivity contribution in [2.75, 3.05) is 39.9 Å². The highest BCUT2D eigenvalue weighted by atomic mass is 16.5. The van der Waals surface area contributed by atoms with Crippen molar-refractivity contribution in [1.29, 1.82) is 0 Å². The molecular weight excluding hydrogens is 448 g/mol. The summed E-state index contributed by atoms with van der Waals surface area (Å²) in [4.78, 5) is 17.5. The predicted molar refractivity (Wildman–Crippen MR) is 145 cm³/mol. The van der Waals surface area contributed by atoms with Crippen LogP contribution in [0.4, 0.5) is 0 Å². The Labute approximate surface area is 217 Å². The summed E-state index contributed by atoms with van der Waals surface area (Å²) in [6.45, 7) is 9.56. The lowest BCUT2D eigenvalue weighted by Crippen LogP contribution is -2.48. The van der Waals surface area contributed by atoms with E-state index in [4.69, 9.17) is 9.47 Å². The van der Waals surface area contributed by atoms with E-state index in [0.29, 0.717) is 24.9 Å². The number of methoxy groups -OCH3 is 1. The SMILES string of the molecule is COc1ccc(CN2CCOc3ccccc3CCCCC3(CCN(C(=O)CC(C)C)CC3)C2)cc1. The Morgan fingerprint density at radius 1 is 1.00 bits per heavy atom. The first-order chi connectivity index (χ1) is 17.5. The third-order valence-corrected chi connectivity index (χ3v) is 7.92. The smallest absolute Gasteiger partial charge is 0.222 e. The van der Waals surface area contributed by atoms with Crippen molar-refractivity contribution in [2.45, 2.75) is 65.3 Å². The Morgan fingerprint density at radius 3 is 2.47 bits per heavy atom. The summed E-state index contributed by atoms with van der Waals surface area (Å²) in [6.07, 6.45) is 7.53. The number of fused-ring (bicyclic) bond motifs is 1. The second-order valence-electron chi connectivity index (χ2n) is 11.2. The molecule has 0 N–H and O–H groups in total. The fourth-order valence-electron chi connectivity index (χ4n) is 5.82. The van der Waals surface area contributed by atoms with E-state index in [2.05, 4.69) is 60.0 Å². The summed E-state index contributed by atoms with van der Waals surface area (Å²) in [6, 6.07) is 17.0. The highest BCUT2D eigenvalue weighted by molar-refractivity contribution is 5.76. The van der Waals surface area contributed by atoms with Gasteiger partial charge in [-0.15, -0.1) is 0 Å². The molecule has 2 aliphatic rings. The molecule has 4 rings (SSSR count). The van der Waals surface area contributed by atoms with Crippen molar-refractivity contribution in [3.05, 3.63) is 59.7 Å². The molecule has 0 saturated carbocycles. The number of carbonyl (C=O) groups is 1. The molecule has 2 aromatic rings. The lowest BCUT2D eigenvalue weighted by molar-refractivity contribution is -0.134. The zero-order valence-electron chi connectivity index (χ0n) is 22.5. The van der Waals surface area contributed by atoms with Crippen molar-refractivity contribution in [2.24, 2.45) is 11.3 Å². The van der Waals surface area contributed by atoms with Crippen LogP contribution in [0.1, 0.15) is 63.5 Å². The van der Waals surface area contributed by atoms with E-state index < -0.39 is 0 Å². The summed E-state index contributed by atoms with van der Waals surface area (Å²) >= 11 is 0. The number of ether oxygens (including phenoxy) is 2. The topological polar surface area (TPSA) is 42.0 Å². The number of likely N-dealkylation sites (tertiary alicyclic amines) is 1. The molecule has 1 amide bonds. The van der Waals surface area contributed by atoms with Gasteiger partial charge in [0.25, 0.3) is 0 Å². The van der Waals surface area contributed by atoms with Crippen LogP contribution in [-0.4, -0.2) is 55.6 Å². The van der Waals surface area contributed by atoms with Gasteiger partial charge in [-0.2, -0.15) is 0 Å². The van der Waals surface area contributed by atoms with Gasteiger partial charge in [0, 0.05) is 39.1 Å². The first kappa shape index (κ1) is 26.5. The molecule has 0 aliphatic carbocycles. The maximum atomic E-state index is 12.8. The van der Waals surface area contributed by atoms with E-state index in [9.17, 15) is 4.79 Å². The number of aryl methyl sites for hydroxylation is 1. The molecule has 36 heavy (non-hydrogen) atoms. The summed E-state index contributed by atoms with van der Waals surface area (Å²) in [5.74, 6) is 2.67. The quantitative estimate of drug-likeness (QED) is 0.517.